The first kappa shape index (κ1) is 27.5. The fourth-order valence-corrected chi connectivity index (χ4v) is 8.08. The molecule has 194 valence electrons. The number of hydrogen-bond acceptors (Lipinski definition) is 0. The molecule has 0 aliphatic heterocycles. The van der Waals surface area contributed by atoms with Crippen LogP contribution in [-0.4, -0.2) is 6.67 Å². The lowest BCUT2D eigenvalue weighted by molar-refractivity contribution is 0.102. The van der Waals surface area contributed by atoms with Crippen LogP contribution in [0.1, 0.15) is 161 Å². The van der Waals surface area contributed by atoms with Gasteiger partial charge >= 0.3 is 0 Å². The van der Waals surface area contributed by atoms with Crippen LogP contribution in [0.15, 0.2) is 0 Å². The second-order valence-corrected chi connectivity index (χ2v) is 12.7. The zero-order valence-corrected chi connectivity index (χ0v) is 22.5. The molecule has 0 unspecified atom stereocenters. The van der Waals surface area contributed by atoms with E-state index in [0.29, 0.717) is 0 Å². The number of unbranched alkanes of at least 4 members (excludes halogenated alkanes) is 8. The highest BCUT2D eigenvalue weighted by Gasteiger charge is 2.34. The summed E-state index contributed by atoms with van der Waals surface area (Å²) in [6.07, 6.45) is 34.7. The average molecular weight is 463 g/mol. The van der Waals surface area contributed by atoms with E-state index in [1.165, 1.54) is 89.9 Å². The Bertz CT molecular complexity index is 449. The Kier molecular flexibility index (Phi) is 13.8. The molecule has 0 spiro atoms. The van der Waals surface area contributed by atoms with Gasteiger partial charge < -0.3 is 0 Å². The first-order chi connectivity index (χ1) is 16.3. The Balaban J connectivity index is 1.20. The number of rotatable bonds is 15. The highest BCUT2D eigenvalue weighted by atomic mass is 19.1. The molecule has 3 fully saturated rings. The molecule has 3 rings (SSSR count). The van der Waals surface area contributed by atoms with Crippen molar-refractivity contribution in [2.45, 2.75) is 161 Å². The highest BCUT2D eigenvalue weighted by molar-refractivity contribution is 4.86. The fourth-order valence-electron chi connectivity index (χ4n) is 8.08. The van der Waals surface area contributed by atoms with Gasteiger partial charge in [-0.25, -0.2) is 0 Å². The lowest BCUT2D eigenvalue weighted by Crippen LogP contribution is -2.29. The van der Waals surface area contributed by atoms with Crippen molar-refractivity contribution in [2.75, 3.05) is 6.67 Å². The normalized spacial score (nSPS) is 33.3. The zero-order valence-electron chi connectivity index (χ0n) is 22.5. The van der Waals surface area contributed by atoms with Gasteiger partial charge in [-0.05, 0) is 93.3 Å². The average Bonchev–Trinajstić information content (AvgIpc) is 2.87. The SMILES string of the molecule is CCCCCCCCCCC1CCC(C2CCC(C3CCC(CCCCF)CC3)CC2)CC1. The molecule has 1 heteroatoms. The monoisotopic (exact) mass is 462 g/mol. The highest BCUT2D eigenvalue weighted by Crippen LogP contribution is 2.46. The van der Waals surface area contributed by atoms with Gasteiger partial charge in [-0.3, -0.25) is 4.39 Å². The van der Waals surface area contributed by atoms with Gasteiger partial charge in [-0.1, -0.05) is 103 Å². The van der Waals surface area contributed by atoms with E-state index in [0.717, 1.165) is 48.3 Å². The lowest BCUT2D eigenvalue weighted by atomic mass is 9.64. The Labute approximate surface area is 207 Å². The molecule has 3 saturated carbocycles. The Morgan fingerprint density at radius 2 is 0.758 bits per heavy atom. The van der Waals surface area contributed by atoms with Gasteiger partial charge in [0.2, 0.25) is 0 Å². The van der Waals surface area contributed by atoms with E-state index in [9.17, 15) is 4.39 Å². The smallest absolute Gasteiger partial charge is 0.0894 e. The molecular weight excluding hydrogens is 403 g/mol. The second kappa shape index (κ2) is 16.6. The zero-order chi connectivity index (χ0) is 23.1. The largest absolute Gasteiger partial charge is 0.251 e. The molecule has 0 radical (unpaired) electrons. The van der Waals surface area contributed by atoms with Gasteiger partial charge in [-0.15, -0.1) is 0 Å². The van der Waals surface area contributed by atoms with Crippen molar-refractivity contribution < 1.29 is 4.39 Å². The third-order valence-electron chi connectivity index (χ3n) is 10.4. The van der Waals surface area contributed by atoms with E-state index < -0.39 is 0 Å². The van der Waals surface area contributed by atoms with Crippen molar-refractivity contribution in [1.29, 1.82) is 0 Å². The third kappa shape index (κ3) is 10.2. The quantitative estimate of drug-likeness (QED) is 0.212. The van der Waals surface area contributed by atoms with Crippen LogP contribution in [0.4, 0.5) is 4.39 Å². The maximum Gasteiger partial charge on any atom is 0.0894 e. The first-order valence-corrected chi connectivity index (χ1v) is 15.9. The van der Waals surface area contributed by atoms with Crippen LogP contribution in [-0.2, 0) is 0 Å². The van der Waals surface area contributed by atoms with Gasteiger partial charge in [0.1, 0.15) is 0 Å². The lowest BCUT2D eigenvalue weighted by Gasteiger charge is -2.41. The van der Waals surface area contributed by atoms with E-state index >= 15 is 0 Å². The van der Waals surface area contributed by atoms with Crippen molar-refractivity contribution in [3.05, 3.63) is 0 Å². The Hall–Kier alpha value is -0.0700. The van der Waals surface area contributed by atoms with Crippen molar-refractivity contribution >= 4 is 0 Å². The summed E-state index contributed by atoms with van der Waals surface area (Å²) in [5, 5.41) is 0. The van der Waals surface area contributed by atoms with Gasteiger partial charge in [0, 0.05) is 0 Å². The fraction of sp³-hybridized carbons (Fsp3) is 1.00. The minimum Gasteiger partial charge on any atom is -0.251 e. The van der Waals surface area contributed by atoms with E-state index in [-0.39, 0.29) is 6.67 Å². The maximum atomic E-state index is 12.4. The van der Waals surface area contributed by atoms with Crippen molar-refractivity contribution in [3.63, 3.8) is 0 Å². The summed E-state index contributed by atoms with van der Waals surface area (Å²) in [5.41, 5.74) is 0. The molecule has 0 saturated heterocycles. The molecule has 0 aromatic heterocycles. The summed E-state index contributed by atoms with van der Waals surface area (Å²) >= 11 is 0. The minimum atomic E-state index is -0.112. The summed E-state index contributed by atoms with van der Waals surface area (Å²) in [5.74, 6) is 6.22. The Morgan fingerprint density at radius 3 is 1.15 bits per heavy atom. The maximum absolute atomic E-state index is 12.4. The summed E-state index contributed by atoms with van der Waals surface area (Å²) in [4.78, 5) is 0. The predicted molar refractivity (Wildman–Crippen MR) is 143 cm³/mol. The molecule has 0 aromatic carbocycles. The van der Waals surface area contributed by atoms with Crippen LogP contribution in [0.3, 0.4) is 0 Å². The molecule has 3 aliphatic carbocycles. The Morgan fingerprint density at radius 1 is 0.424 bits per heavy atom. The van der Waals surface area contributed by atoms with Gasteiger partial charge in [-0.2, -0.15) is 0 Å². The van der Waals surface area contributed by atoms with Crippen LogP contribution in [0.25, 0.3) is 0 Å². The molecule has 0 heterocycles. The molecule has 0 bridgehead atoms. The molecule has 0 atom stereocenters. The predicted octanol–water partition coefficient (Wildman–Crippen LogP) is 11.1. The number of alkyl halides is 1. The summed E-state index contributed by atoms with van der Waals surface area (Å²) in [7, 11) is 0. The van der Waals surface area contributed by atoms with Gasteiger partial charge in [0.25, 0.3) is 0 Å². The van der Waals surface area contributed by atoms with E-state index in [1.807, 2.05) is 0 Å². The minimum absolute atomic E-state index is 0.112. The van der Waals surface area contributed by atoms with Gasteiger partial charge in [0.15, 0.2) is 0 Å². The standard InChI is InChI=1S/C32H59F/c1-2-3-4-5-6-7-8-9-12-27-14-18-29(19-15-27)31-22-24-32(25-23-31)30-20-16-28(17-21-30)13-10-11-26-33/h27-32H,2-26H2,1H3. The molecule has 3 aliphatic rings. The topological polar surface area (TPSA) is 0 Å². The summed E-state index contributed by atoms with van der Waals surface area (Å²) < 4.78 is 12.4. The molecule has 0 N–H and O–H groups in total. The number of halogens is 1. The van der Waals surface area contributed by atoms with Crippen molar-refractivity contribution in [3.8, 4) is 0 Å². The summed E-state index contributed by atoms with van der Waals surface area (Å²) in [6.45, 7) is 2.20. The molecule has 0 amide bonds. The molecule has 0 nitrogen and oxygen atoms in total. The van der Waals surface area contributed by atoms with Crippen molar-refractivity contribution in [2.24, 2.45) is 35.5 Å². The number of hydrogen-bond donors (Lipinski definition) is 0. The van der Waals surface area contributed by atoms with E-state index in [2.05, 4.69) is 6.92 Å². The first-order valence-electron chi connectivity index (χ1n) is 15.9. The van der Waals surface area contributed by atoms with Crippen molar-refractivity contribution in [1.82, 2.24) is 0 Å². The van der Waals surface area contributed by atoms with E-state index in [1.54, 1.807) is 51.4 Å². The van der Waals surface area contributed by atoms with Crippen LogP contribution in [0.2, 0.25) is 0 Å². The van der Waals surface area contributed by atoms with E-state index in [4.69, 9.17) is 0 Å². The molecule has 33 heavy (non-hydrogen) atoms. The third-order valence-corrected chi connectivity index (χ3v) is 10.4. The van der Waals surface area contributed by atoms with Crippen LogP contribution in [0, 0.1) is 35.5 Å². The van der Waals surface area contributed by atoms with Crippen LogP contribution < -0.4 is 0 Å². The van der Waals surface area contributed by atoms with Gasteiger partial charge in [0.05, 0.1) is 6.67 Å². The second-order valence-electron chi connectivity index (χ2n) is 12.7. The van der Waals surface area contributed by atoms with Crippen LogP contribution in [0.5, 0.6) is 0 Å². The summed E-state index contributed by atoms with van der Waals surface area (Å²) in [6, 6.07) is 0. The van der Waals surface area contributed by atoms with Crippen LogP contribution >= 0.6 is 0 Å². The molecule has 0 aromatic rings. The molecular formula is C32H59F.